The number of ketones is 1. The Morgan fingerprint density at radius 1 is 1.60 bits per heavy atom. The van der Waals surface area contributed by atoms with Crippen molar-refractivity contribution < 1.29 is 4.79 Å². The Morgan fingerprint density at radius 3 is 2.73 bits per heavy atom. The van der Waals surface area contributed by atoms with E-state index in [9.17, 15) is 4.79 Å². The predicted molar refractivity (Wildman–Crippen MR) is 64.7 cm³/mol. The number of hydrogen-bond acceptors (Lipinski definition) is 3. The van der Waals surface area contributed by atoms with Crippen molar-refractivity contribution in [1.29, 1.82) is 0 Å². The second kappa shape index (κ2) is 5.56. The lowest BCUT2D eigenvalue weighted by atomic mass is 10.2. The Hall–Kier alpha value is -0.480. The molecular weight excluding hydrogens is 232 g/mol. The second-order valence-corrected chi connectivity index (χ2v) is 4.58. The summed E-state index contributed by atoms with van der Waals surface area (Å²) in [6.07, 6.45) is 3.09. The number of halogens is 1. The van der Waals surface area contributed by atoms with Gasteiger partial charge in [-0.3, -0.25) is 9.48 Å². The van der Waals surface area contributed by atoms with Crippen molar-refractivity contribution in [2.45, 2.75) is 19.8 Å². The van der Waals surface area contributed by atoms with Crippen LogP contribution in [-0.2, 0) is 24.7 Å². The molecular formula is C10H15ClN2OS. The predicted octanol–water partition coefficient (Wildman–Crippen LogP) is 2.11. The summed E-state index contributed by atoms with van der Waals surface area (Å²) in [6, 6.07) is 0. The molecule has 0 radical (unpaired) electrons. The van der Waals surface area contributed by atoms with Gasteiger partial charge in [-0.25, -0.2) is 0 Å². The number of aromatic nitrogens is 2. The van der Waals surface area contributed by atoms with E-state index in [0.717, 1.165) is 17.8 Å². The molecule has 0 bridgehead atoms. The minimum atomic E-state index is 0.190. The molecule has 0 saturated carbocycles. The minimum absolute atomic E-state index is 0.190. The van der Waals surface area contributed by atoms with Gasteiger partial charge in [0.2, 0.25) is 0 Å². The fourth-order valence-corrected chi connectivity index (χ4v) is 2.20. The van der Waals surface area contributed by atoms with Crippen molar-refractivity contribution in [2.24, 2.45) is 7.05 Å². The van der Waals surface area contributed by atoms with Crippen LogP contribution in [0.5, 0.6) is 0 Å². The van der Waals surface area contributed by atoms with Crippen molar-refractivity contribution in [3.63, 3.8) is 0 Å². The van der Waals surface area contributed by atoms with Crippen LogP contribution >= 0.6 is 23.4 Å². The molecule has 0 aliphatic rings. The number of nitrogens with zero attached hydrogens (tertiary/aromatic N) is 2. The van der Waals surface area contributed by atoms with Crippen LogP contribution in [0.3, 0.4) is 0 Å². The van der Waals surface area contributed by atoms with Crippen molar-refractivity contribution in [3.8, 4) is 0 Å². The van der Waals surface area contributed by atoms with Gasteiger partial charge < -0.3 is 0 Å². The van der Waals surface area contributed by atoms with Gasteiger partial charge in [0.15, 0.2) is 0 Å². The summed E-state index contributed by atoms with van der Waals surface area (Å²) in [7, 11) is 1.83. The highest BCUT2D eigenvalue weighted by molar-refractivity contribution is 7.99. The van der Waals surface area contributed by atoms with E-state index in [1.807, 2.05) is 20.2 Å². The van der Waals surface area contributed by atoms with E-state index in [-0.39, 0.29) is 5.78 Å². The van der Waals surface area contributed by atoms with E-state index in [2.05, 4.69) is 5.10 Å². The molecule has 0 fully saturated rings. The molecule has 3 nitrogen and oxygen atoms in total. The van der Waals surface area contributed by atoms with Gasteiger partial charge in [-0.15, -0.1) is 0 Å². The Bertz CT molecular complexity index is 363. The molecule has 0 saturated heterocycles. The van der Waals surface area contributed by atoms with Gasteiger partial charge in [-0.05, 0) is 12.7 Å². The molecule has 5 heteroatoms. The summed E-state index contributed by atoms with van der Waals surface area (Å²) in [5.74, 6) is 0.721. The number of aryl methyl sites for hydroxylation is 2. The molecule has 1 rings (SSSR count). The first-order valence-corrected chi connectivity index (χ1v) is 6.58. The SMILES string of the molecule is CCc1nn(C)c(CC(=O)CSC)c1Cl. The third-order valence-electron chi connectivity index (χ3n) is 2.17. The van der Waals surface area contributed by atoms with Crippen LogP contribution in [0.15, 0.2) is 0 Å². The van der Waals surface area contributed by atoms with Gasteiger partial charge in [0.1, 0.15) is 5.78 Å². The topological polar surface area (TPSA) is 34.9 Å². The Balaban J connectivity index is 2.85. The quantitative estimate of drug-likeness (QED) is 0.798. The zero-order chi connectivity index (χ0) is 11.4. The number of hydrogen-bond donors (Lipinski definition) is 0. The Labute approximate surface area is 99.2 Å². The summed E-state index contributed by atoms with van der Waals surface area (Å²) in [6.45, 7) is 2.00. The zero-order valence-corrected chi connectivity index (χ0v) is 10.8. The molecule has 0 spiro atoms. The molecule has 1 aromatic rings. The van der Waals surface area contributed by atoms with Crippen LogP contribution in [0.25, 0.3) is 0 Å². The van der Waals surface area contributed by atoms with E-state index in [1.54, 1.807) is 4.68 Å². The molecule has 0 aliphatic carbocycles. The van der Waals surface area contributed by atoms with Gasteiger partial charge in [0.05, 0.1) is 28.6 Å². The normalized spacial score (nSPS) is 10.7. The third-order valence-corrected chi connectivity index (χ3v) is 3.22. The molecule has 0 atom stereocenters. The fourth-order valence-electron chi connectivity index (χ4n) is 1.41. The summed E-state index contributed by atoms with van der Waals surface area (Å²) < 4.78 is 1.71. The van der Waals surface area contributed by atoms with Gasteiger partial charge in [-0.1, -0.05) is 18.5 Å². The monoisotopic (exact) mass is 246 g/mol. The van der Waals surface area contributed by atoms with Crippen LogP contribution in [0.2, 0.25) is 5.02 Å². The number of carbonyl (C=O) groups excluding carboxylic acids is 1. The van der Waals surface area contributed by atoms with E-state index in [1.165, 1.54) is 11.8 Å². The molecule has 0 aromatic carbocycles. The van der Waals surface area contributed by atoms with Crippen LogP contribution in [0.4, 0.5) is 0 Å². The maximum atomic E-state index is 11.5. The van der Waals surface area contributed by atoms with E-state index in [4.69, 9.17) is 11.6 Å². The number of Topliss-reactive ketones (excluding diaryl/α,β-unsaturated/α-hetero) is 1. The van der Waals surface area contributed by atoms with Crippen LogP contribution in [-0.4, -0.2) is 27.6 Å². The maximum absolute atomic E-state index is 11.5. The van der Waals surface area contributed by atoms with Gasteiger partial charge in [0.25, 0.3) is 0 Å². The molecule has 0 unspecified atom stereocenters. The smallest absolute Gasteiger partial charge is 0.148 e. The highest BCUT2D eigenvalue weighted by Gasteiger charge is 2.15. The first kappa shape index (κ1) is 12.6. The largest absolute Gasteiger partial charge is 0.298 e. The summed E-state index contributed by atoms with van der Waals surface area (Å²) >= 11 is 7.66. The zero-order valence-electron chi connectivity index (χ0n) is 9.21. The number of carbonyl (C=O) groups is 1. The van der Waals surface area contributed by atoms with Crippen molar-refractivity contribution in [2.75, 3.05) is 12.0 Å². The summed E-state index contributed by atoms with van der Waals surface area (Å²) in [5, 5.41) is 4.92. The second-order valence-electron chi connectivity index (χ2n) is 3.33. The van der Waals surface area contributed by atoms with E-state index in [0.29, 0.717) is 17.2 Å². The lowest BCUT2D eigenvalue weighted by Gasteiger charge is -2.00. The van der Waals surface area contributed by atoms with E-state index >= 15 is 0 Å². The van der Waals surface area contributed by atoms with Crippen molar-refractivity contribution in [3.05, 3.63) is 16.4 Å². The van der Waals surface area contributed by atoms with Crippen LogP contribution in [0.1, 0.15) is 18.3 Å². The molecule has 84 valence electrons. The highest BCUT2D eigenvalue weighted by atomic mass is 35.5. The highest BCUT2D eigenvalue weighted by Crippen LogP contribution is 2.21. The molecule has 0 aliphatic heterocycles. The standard InChI is InChI=1S/C10H15ClN2OS/c1-4-8-10(11)9(13(2)12-8)5-7(14)6-15-3/h4-6H2,1-3H3. The molecule has 1 heterocycles. The lowest BCUT2D eigenvalue weighted by molar-refractivity contribution is -0.116. The maximum Gasteiger partial charge on any atom is 0.148 e. The third kappa shape index (κ3) is 2.98. The molecule has 0 amide bonds. The van der Waals surface area contributed by atoms with Gasteiger partial charge in [0, 0.05) is 7.05 Å². The summed E-state index contributed by atoms with van der Waals surface area (Å²) in [4.78, 5) is 11.5. The Kier molecular flexibility index (Phi) is 4.67. The Morgan fingerprint density at radius 2 is 2.27 bits per heavy atom. The first-order chi connectivity index (χ1) is 7.10. The van der Waals surface area contributed by atoms with Crippen molar-refractivity contribution in [1.82, 2.24) is 9.78 Å². The average Bonchev–Trinajstić information content (AvgIpc) is 2.45. The molecule has 0 N–H and O–H groups in total. The van der Waals surface area contributed by atoms with Gasteiger partial charge >= 0.3 is 0 Å². The van der Waals surface area contributed by atoms with Crippen LogP contribution in [0, 0.1) is 0 Å². The van der Waals surface area contributed by atoms with Gasteiger partial charge in [-0.2, -0.15) is 16.9 Å². The lowest BCUT2D eigenvalue weighted by Crippen LogP contribution is -2.09. The average molecular weight is 247 g/mol. The number of thioether (sulfide) groups is 1. The first-order valence-electron chi connectivity index (χ1n) is 4.81. The summed E-state index contributed by atoms with van der Waals surface area (Å²) in [5.41, 5.74) is 1.69. The minimum Gasteiger partial charge on any atom is -0.298 e. The van der Waals surface area contributed by atoms with E-state index < -0.39 is 0 Å². The molecule has 15 heavy (non-hydrogen) atoms. The fraction of sp³-hybridized carbons (Fsp3) is 0.600. The molecule has 1 aromatic heterocycles. The number of rotatable bonds is 5. The van der Waals surface area contributed by atoms with Crippen LogP contribution < -0.4 is 0 Å². The van der Waals surface area contributed by atoms with Crippen molar-refractivity contribution >= 4 is 29.1 Å².